The molecular weight excluding hydrogens is 370 g/mol. The number of ketones is 1. The van der Waals surface area contributed by atoms with Crippen LogP contribution in [0, 0.1) is 6.92 Å². The van der Waals surface area contributed by atoms with Gasteiger partial charge in [-0.15, -0.1) is 0 Å². The Morgan fingerprint density at radius 1 is 0.900 bits per heavy atom. The lowest BCUT2D eigenvalue weighted by Gasteiger charge is -2.04. The highest BCUT2D eigenvalue weighted by Gasteiger charge is 2.07. The average molecular weight is 412 g/mol. The maximum atomic E-state index is 12.0. The molecule has 30 heavy (non-hydrogen) atoms. The monoisotopic (exact) mass is 411 g/mol. The number of nitrogens with two attached hydrogens (primary N) is 1. The van der Waals surface area contributed by atoms with Crippen molar-refractivity contribution in [3.8, 4) is 0 Å². The number of rotatable bonds is 17. The summed E-state index contributed by atoms with van der Waals surface area (Å²) in [5.74, 6) is 0.785. The second-order valence-electron chi connectivity index (χ2n) is 8.76. The molecular formula is C26H41N3O. The molecule has 0 saturated carbocycles. The van der Waals surface area contributed by atoms with E-state index in [1.54, 1.807) is 6.20 Å². The summed E-state index contributed by atoms with van der Waals surface area (Å²) < 4.78 is 0. The first kappa shape index (κ1) is 24.2. The average Bonchev–Trinajstić information content (AvgIpc) is 3.12. The van der Waals surface area contributed by atoms with Gasteiger partial charge < -0.3 is 5.73 Å². The van der Waals surface area contributed by atoms with Gasteiger partial charge in [0.25, 0.3) is 0 Å². The van der Waals surface area contributed by atoms with Gasteiger partial charge >= 0.3 is 0 Å². The number of nitrogen functional groups attached to an aromatic ring is 1. The molecule has 3 N–H and O–H groups in total. The lowest BCUT2D eigenvalue weighted by Crippen LogP contribution is -2.03. The maximum Gasteiger partial charge on any atom is 0.137 e. The lowest BCUT2D eigenvalue weighted by atomic mass is 10.0. The van der Waals surface area contributed by atoms with Crippen LogP contribution in [0.25, 0.3) is 0 Å². The van der Waals surface area contributed by atoms with Gasteiger partial charge in [-0.25, -0.2) is 0 Å². The minimum absolute atomic E-state index is 0.266. The Morgan fingerprint density at radius 2 is 1.50 bits per heavy atom. The van der Waals surface area contributed by atoms with E-state index in [-0.39, 0.29) is 5.78 Å². The zero-order chi connectivity index (χ0) is 21.4. The quantitative estimate of drug-likeness (QED) is 0.284. The van der Waals surface area contributed by atoms with Gasteiger partial charge in [0.05, 0.1) is 6.20 Å². The SMILES string of the molecule is Cc1cccc(CCCCCCCCCCCCCCC(=O)Cc2cn[nH]c2N)c1. The molecule has 2 rings (SSSR count). The van der Waals surface area contributed by atoms with Crippen LogP contribution in [0.15, 0.2) is 30.5 Å². The smallest absolute Gasteiger partial charge is 0.137 e. The van der Waals surface area contributed by atoms with Crippen molar-refractivity contribution in [2.75, 3.05) is 5.73 Å². The number of H-pyrrole nitrogens is 1. The van der Waals surface area contributed by atoms with Gasteiger partial charge in [-0.05, 0) is 31.7 Å². The number of aryl methyl sites for hydroxylation is 2. The van der Waals surface area contributed by atoms with Crippen molar-refractivity contribution < 1.29 is 4.79 Å². The molecule has 1 aromatic carbocycles. The number of nitrogens with zero attached hydrogens (tertiary/aromatic N) is 1. The van der Waals surface area contributed by atoms with Gasteiger partial charge in [-0.1, -0.05) is 94.0 Å². The van der Waals surface area contributed by atoms with E-state index < -0.39 is 0 Å². The van der Waals surface area contributed by atoms with Crippen LogP contribution in [-0.2, 0) is 17.6 Å². The van der Waals surface area contributed by atoms with Crippen molar-refractivity contribution >= 4 is 11.6 Å². The zero-order valence-electron chi connectivity index (χ0n) is 18.9. The van der Waals surface area contributed by atoms with Gasteiger partial charge in [0.1, 0.15) is 11.6 Å². The summed E-state index contributed by atoms with van der Waals surface area (Å²) in [7, 11) is 0. The van der Waals surface area contributed by atoms with E-state index in [1.165, 1.54) is 81.8 Å². The molecule has 1 heterocycles. The number of anilines is 1. The first-order chi connectivity index (χ1) is 14.6. The summed E-state index contributed by atoms with van der Waals surface area (Å²) in [5.41, 5.74) is 9.41. The number of carbonyl (C=O) groups excluding carboxylic acids is 1. The predicted octanol–water partition coefficient (Wildman–Crippen LogP) is 6.73. The van der Waals surface area contributed by atoms with Crippen LogP contribution in [0.2, 0.25) is 0 Å². The summed E-state index contributed by atoms with van der Waals surface area (Å²) in [4.78, 5) is 12.0. The summed E-state index contributed by atoms with van der Waals surface area (Å²) in [6.45, 7) is 2.17. The molecule has 0 atom stereocenters. The molecule has 166 valence electrons. The van der Waals surface area contributed by atoms with Crippen LogP contribution in [-0.4, -0.2) is 16.0 Å². The van der Waals surface area contributed by atoms with Gasteiger partial charge in [-0.3, -0.25) is 9.89 Å². The highest BCUT2D eigenvalue weighted by Crippen LogP contribution is 2.15. The van der Waals surface area contributed by atoms with Gasteiger partial charge in [0.2, 0.25) is 0 Å². The highest BCUT2D eigenvalue weighted by atomic mass is 16.1. The number of aromatic amines is 1. The van der Waals surface area contributed by atoms with Crippen LogP contribution in [0.5, 0.6) is 0 Å². The Labute approximate surface area is 183 Å². The summed E-state index contributed by atoms with van der Waals surface area (Å²) >= 11 is 0. The minimum atomic E-state index is 0.266. The van der Waals surface area contributed by atoms with Crippen molar-refractivity contribution in [1.29, 1.82) is 0 Å². The minimum Gasteiger partial charge on any atom is -0.384 e. The number of hydrogen-bond acceptors (Lipinski definition) is 3. The molecule has 0 amide bonds. The Balaban J connectivity index is 1.31. The van der Waals surface area contributed by atoms with Crippen LogP contribution >= 0.6 is 0 Å². The summed E-state index contributed by atoms with van der Waals surface area (Å²) in [6.07, 6.45) is 19.6. The first-order valence-electron chi connectivity index (χ1n) is 12.0. The molecule has 0 radical (unpaired) electrons. The standard InChI is InChI=1S/C26H41N3O/c1-22-15-14-17-23(19-22)16-12-10-8-6-4-2-3-5-7-9-11-13-18-25(30)20-24-21-28-29-26(24)27/h14-15,17,19,21H,2-13,16,18,20H2,1H3,(H3,27,28,29). The fourth-order valence-corrected chi connectivity index (χ4v) is 4.05. The van der Waals surface area contributed by atoms with E-state index in [0.717, 1.165) is 18.4 Å². The van der Waals surface area contributed by atoms with Crippen LogP contribution < -0.4 is 5.73 Å². The van der Waals surface area contributed by atoms with Crippen LogP contribution in [0.1, 0.15) is 100 Å². The van der Waals surface area contributed by atoms with E-state index in [4.69, 9.17) is 5.73 Å². The molecule has 0 unspecified atom stereocenters. The first-order valence-corrected chi connectivity index (χ1v) is 12.0. The topological polar surface area (TPSA) is 71.8 Å². The number of unbranched alkanes of at least 4 members (excludes halogenated alkanes) is 11. The normalized spacial score (nSPS) is 11.1. The van der Waals surface area contributed by atoms with Gasteiger partial charge in [-0.2, -0.15) is 5.10 Å². The van der Waals surface area contributed by atoms with E-state index >= 15 is 0 Å². The van der Waals surface area contributed by atoms with Crippen molar-refractivity contribution in [2.45, 2.75) is 103 Å². The van der Waals surface area contributed by atoms with Crippen LogP contribution in [0.4, 0.5) is 5.82 Å². The molecule has 0 bridgehead atoms. The van der Waals surface area contributed by atoms with Gasteiger partial charge in [0.15, 0.2) is 0 Å². The van der Waals surface area contributed by atoms with E-state index in [9.17, 15) is 4.79 Å². The molecule has 4 heteroatoms. The second-order valence-corrected chi connectivity index (χ2v) is 8.76. The largest absolute Gasteiger partial charge is 0.384 e. The Kier molecular flexibility index (Phi) is 11.9. The Hall–Kier alpha value is -2.10. The molecule has 0 aliphatic carbocycles. The fourth-order valence-electron chi connectivity index (χ4n) is 4.05. The fraction of sp³-hybridized carbons (Fsp3) is 0.615. The maximum absolute atomic E-state index is 12.0. The van der Waals surface area contributed by atoms with Crippen molar-refractivity contribution in [1.82, 2.24) is 10.2 Å². The third-order valence-electron chi connectivity index (χ3n) is 5.89. The van der Waals surface area contributed by atoms with Crippen LogP contribution in [0.3, 0.4) is 0 Å². The number of benzene rings is 1. The summed E-state index contributed by atoms with van der Waals surface area (Å²) in [5, 5.41) is 6.53. The molecule has 2 aromatic rings. The number of Topliss-reactive ketones (excluding diaryl/α,β-unsaturated/α-hetero) is 1. The van der Waals surface area contributed by atoms with E-state index in [0.29, 0.717) is 18.7 Å². The molecule has 0 saturated heterocycles. The highest BCUT2D eigenvalue weighted by molar-refractivity contribution is 5.81. The lowest BCUT2D eigenvalue weighted by molar-refractivity contribution is -0.118. The number of hydrogen-bond donors (Lipinski definition) is 2. The predicted molar refractivity (Wildman–Crippen MR) is 127 cm³/mol. The number of aromatic nitrogens is 2. The molecule has 0 spiro atoms. The Morgan fingerprint density at radius 3 is 2.07 bits per heavy atom. The Bertz CT molecular complexity index is 723. The number of carbonyl (C=O) groups is 1. The molecule has 4 nitrogen and oxygen atoms in total. The van der Waals surface area contributed by atoms with E-state index in [1.807, 2.05) is 0 Å². The molecule has 1 aromatic heterocycles. The molecule has 0 aliphatic heterocycles. The van der Waals surface area contributed by atoms with E-state index in [2.05, 4.69) is 41.4 Å². The number of nitrogens with one attached hydrogen (secondary N) is 1. The van der Waals surface area contributed by atoms with Crippen molar-refractivity contribution in [2.24, 2.45) is 0 Å². The van der Waals surface area contributed by atoms with Crippen molar-refractivity contribution in [3.05, 3.63) is 47.2 Å². The molecule has 0 fully saturated rings. The molecule has 0 aliphatic rings. The van der Waals surface area contributed by atoms with Gasteiger partial charge in [0, 0.05) is 18.4 Å². The third kappa shape index (κ3) is 10.6. The summed E-state index contributed by atoms with van der Waals surface area (Å²) in [6, 6.07) is 8.91. The second kappa shape index (κ2) is 14.8. The zero-order valence-corrected chi connectivity index (χ0v) is 18.9. The third-order valence-corrected chi connectivity index (χ3v) is 5.89. The van der Waals surface area contributed by atoms with Crippen molar-refractivity contribution in [3.63, 3.8) is 0 Å².